The number of hydrogen-bond acceptors (Lipinski definition) is 2. The van der Waals surface area contributed by atoms with Crippen molar-refractivity contribution in [2.45, 2.75) is 19.8 Å². The average molecular weight is 365 g/mol. The maximum absolute atomic E-state index is 3.25. The zero-order valence-corrected chi connectivity index (χ0v) is 14.5. The molecule has 1 aliphatic heterocycles. The molecule has 1 heterocycles. The molecule has 0 aromatic heterocycles. The van der Waals surface area contributed by atoms with Crippen molar-refractivity contribution in [2.24, 2.45) is 0 Å². The summed E-state index contributed by atoms with van der Waals surface area (Å²) >= 11 is 6.25. The molecule has 0 radical (unpaired) electrons. The van der Waals surface area contributed by atoms with E-state index in [1.165, 1.54) is 19.4 Å². The van der Waals surface area contributed by atoms with Gasteiger partial charge in [-0.3, -0.25) is 0 Å². The molecule has 5 heteroatoms. The van der Waals surface area contributed by atoms with Crippen LogP contribution in [0.2, 0.25) is 0 Å². The van der Waals surface area contributed by atoms with E-state index < -0.39 is 0 Å². The van der Waals surface area contributed by atoms with Gasteiger partial charge in [-0.2, -0.15) is 0 Å². The van der Waals surface area contributed by atoms with Gasteiger partial charge >= 0.3 is 40.5 Å². The zero-order valence-electron chi connectivity index (χ0n) is 8.34. The Morgan fingerprint density at radius 1 is 1.38 bits per heavy atom. The molecule has 2 nitrogen and oxygen atoms in total. The Balaban J connectivity index is 0.000000424. The Morgan fingerprint density at radius 3 is 2.38 bits per heavy atom. The summed E-state index contributed by atoms with van der Waals surface area (Å²) in [6.07, 6.45) is 6.87. The summed E-state index contributed by atoms with van der Waals surface area (Å²) in [6.45, 7) is 4.50. The standard InChI is InChI=1S/C8H16N2.2BrH.Zn/c1-3-4-5-10-7-6-9(2)8-10;;;/h6-7H,3-5,8H2,1-2H3;2*1H;/q;;;+2/p-2. The van der Waals surface area contributed by atoms with Gasteiger partial charge in [0.25, 0.3) is 0 Å². The van der Waals surface area contributed by atoms with Crippen LogP contribution in [0, 0.1) is 0 Å². The SMILES string of the molecule is CCCCN1C=CN(C)C1.[Br][Zn][Br]. The molecule has 0 aromatic rings. The van der Waals surface area contributed by atoms with Crippen molar-refractivity contribution in [2.75, 3.05) is 20.3 Å². The second-order valence-corrected chi connectivity index (χ2v) is 17.0. The molecule has 0 saturated heterocycles. The first-order valence-electron chi connectivity index (χ1n) is 4.49. The Bertz CT molecular complexity index is 144. The molecule has 0 N–H and O–H groups in total. The molecule has 0 aliphatic carbocycles. The molecule has 0 spiro atoms. The Hall–Kier alpha value is 0.923. The topological polar surface area (TPSA) is 6.48 Å². The van der Waals surface area contributed by atoms with Crippen LogP contribution >= 0.6 is 27.2 Å². The normalized spacial score (nSPS) is 13.8. The molecular weight excluding hydrogens is 349 g/mol. The van der Waals surface area contributed by atoms with Crippen molar-refractivity contribution in [1.82, 2.24) is 9.80 Å². The first-order chi connectivity index (χ1) is 6.24. The predicted molar refractivity (Wildman–Crippen MR) is 61.2 cm³/mol. The van der Waals surface area contributed by atoms with Crippen molar-refractivity contribution >= 4 is 27.2 Å². The molecule has 13 heavy (non-hydrogen) atoms. The molecule has 0 saturated carbocycles. The number of halogens is 2. The third-order valence-electron chi connectivity index (χ3n) is 1.74. The quantitative estimate of drug-likeness (QED) is 0.709. The van der Waals surface area contributed by atoms with Crippen LogP contribution < -0.4 is 0 Å². The van der Waals surface area contributed by atoms with E-state index in [2.05, 4.69) is 63.4 Å². The molecule has 0 unspecified atom stereocenters. The van der Waals surface area contributed by atoms with Gasteiger partial charge in [0.15, 0.2) is 0 Å². The van der Waals surface area contributed by atoms with Crippen LogP contribution in [0.3, 0.4) is 0 Å². The van der Waals surface area contributed by atoms with Crippen molar-refractivity contribution in [3.05, 3.63) is 12.4 Å². The fourth-order valence-electron chi connectivity index (χ4n) is 1.10. The van der Waals surface area contributed by atoms with E-state index in [0.29, 0.717) is 0 Å². The number of nitrogens with zero attached hydrogens (tertiary/aromatic N) is 2. The Kier molecular flexibility index (Phi) is 10.2. The molecule has 0 bridgehead atoms. The minimum absolute atomic E-state index is 0.250. The van der Waals surface area contributed by atoms with E-state index >= 15 is 0 Å². The summed E-state index contributed by atoms with van der Waals surface area (Å²) in [7, 11) is 2.10. The summed E-state index contributed by atoms with van der Waals surface area (Å²) in [5.74, 6) is 0. The molecule has 0 atom stereocenters. The fraction of sp³-hybridized carbons (Fsp3) is 0.750. The third kappa shape index (κ3) is 7.95. The van der Waals surface area contributed by atoms with Crippen molar-refractivity contribution < 1.29 is 13.2 Å². The van der Waals surface area contributed by atoms with Crippen LogP contribution in [0.5, 0.6) is 0 Å². The second-order valence-electron chi connectivity index (χ2n) is 2.96. The van der Waals surface area contributed by atoms with Crippen molar-refractivity contribution in [3.8, 4) is 0 Å². The van der Waals surface area contributed by atoms with Gasteiger partial charge in [0.1, 0.15) is 0 Å². The van der Waals surface area contributed by atoms with Crippen LogP contribution in [0.25, 0.3) is 0 Å². The molecule has 0 amide bonds. The maximum atomic E-state index is 3.25. The van der Waals surface area contributed by atoms with Gasteiger partial charge in [-0.05, 0) is 6.42 Å². The molecule has 0 aromatic carbocycles. The van der Waals surface area contributed by atoms with Gasteiger partial charge in [0, 0.05) is 26.0 Å². The van der Waals surface area contributed by atoms with E-state index in [-0.39, 0.29) is 13.2 Å². The van der Waals surface area contributed by atoms with E-state index in [0.717, 1.165) is 6.67 Å². The molecule has 0 fully saturated rings. The summed E-state index contributed by atoms with van der Waals surface area (Å²) in [5.41, 5.74) is 0. The van der Waals surface area contributed by atoms with Gasteiger partial charge in [0.05, 0.1) is 6.67 Å². The van der Waals surface area contributed by atoms with Crippen LogP contribution in [-0.4, -0.2) is 30.1 Å². The molecule has 1 rings (SSSR count). The zero-order chi connectivity index (χ0) is 10.1. The monoisotopic (exact) mass is 362 g/mol. The summed E-state index contributed by atoms with van der Waals surface area (Å²) in [4.78, 5) is 4.53. The van der Waals surface area contributed by atoms with Crippen LogP contribution in [0.4, 0.5) is 0 Å². The Labute approximate surface area is 102 Å². The van der Waals surface area contributed by atoms with Crippen molar-refractivity contribution in [1.29, 1.82) is 0 Å². The molecule has 1 aliphatic rings. The number of rotatable bonds is 3. The summed E-state index contributed by atoms with van der Waals surface area (Å²) in [5, 5.41) is 0. The van der Waals surface area contributed by atoms with Gasteiger partial charge < -0.3 is 9.80 Å². The van der Waals surface area contributed by atoms with E-state index in [4.69, 9.17) is 0 Å². The number of hydrogen-bond donors (Lipinski definition) is 0. The Morgan fingerprint density at radius 2 is 2.00 bits per heavy atom. The van der Waals surface area contributed by atoms with Gasteiger partial charge in [0.2, 0.25) is 0 Å². The predicted octanol–water partition coefficient (Wildman–Crippen LogP) is 3.15. The minimum atomic E-state index is -0.250. The first kappa shape index (κ1) is 13.9. The average Bonchev–Trinajstić information content (AvgIpc) is 2.49. The van der Waals surface area contributed by atoms with Gasteiger partial charge in [-0.25, -0.2) is 0 Å². The van der Waals surface area contributed by atoms with Gasteiger partial charge in [-0.15, -0.1) is 0 Å². The van der Waals surface area contributed by atoms with Crippen LogP contribution in [0.15, 0.2) is 12.4 Å². The second kappa shape index (κ2) is 9.48. The van der Waals surface area contributed by atoms with Gasteiger partial charge in [-0.1, -0.05) is 13.3 Å². The van der Waals surface area contributed by atoms with Crippen molar-refractivity contribution in [3.63, 3.8) is 0 Å². The molecular formula is C8H16Br2N2Zn. The molecule has 74 valence electrons. The van der Waals surface area contributed by atoms with Crippen LogP contribution in [-0.2, 0) is 13.2 Å². The fourth-order valence-corrected chi connectivity index (χ4v) is 1.10. The first-order valence-corrected chi connectivity index (χ1v) is 18.4. The summed E-state index contributed by atoms with van der Waals surface area (Å²) in [6, 6.07) is 0. The third-order valence-corrected chi connectivity index (χ3v) is 1.74. The van der Waals surface area contributed by atoms with Crippen LogP contribution in [0.1, 0.15) is 19.8 Å². The van der Waals surface area contributed by atoms with E-state index in [1.807, 2.05) is 0 Å². The van der Waals surface area contributed by atoms with E-state index in [9.17, 15) is 0 Å². The van der Waals surface area contributed by atoms with E-state index in [1.54, 1.807) is 0 Å². The number of unbranched alkanes of at least 4 members (excludes halogenated alkanes) is 1. The summed E-state index contributed by atoms with van der Waals surface area (Å²) < 4.78 is 0.